The van der Waals surface area contributed by atoms with E-state index in [0.29, 0.717) is 60.2 Å². The predicted molar refractivity (Wildman–Crippen MR) is 130 cm³/mol. The molecule has 196 valence electrons. The number of rotatable bonds is 8. The van der Waals surface area contributed by atoms with E-state index < -0.39 is 18.7 Å². The summed E-state index contributed by atoms with van der Waals surface area (Å²) in [5.74, 6) is -0.648. The quantitative estimate of drug-likeness (QED) is 0.415. The Morgan fingerprint density at radius 3 is 2.92 bits per heavy atom. The first kappa shape index (κ1) is 25.1. The van der Waals surface area contributed by atoms with Crippen molar-refractivity contribution in [3.8, 4) is 17.0 Å². The molecule has 2 aliphatic heterocycles. The number of alkyl halides is 2. The molecule has 2 atom stereocenters. The van der Waals surface area contributed by atoms with Crippen molar-refractivity contribution in [2.45, 2.75) is 38.3 Å². The molecule has 1 saturated heterocycles. The number of fused-ring (bicyclic) bond motifs is 1. The Morgan fingerprint density at radius 1 is 1.27 bits per heavy atom. The zero-order valence-electron chi connectivity index (χ0n) is 20.2. The lowest BCUT2D eigenvalue weighted by Gasteiger charge is -2.23. The highest BCUT2D eigenvalue weighted by Crippen LogP contribution is 2.41. The molecule has 1 aromatic carbocycles. The molecule has 0 saturated carbocycles. The van der Waals surface area contributed by atoms with Crippen molar-refractivity contribution >= 4 is 17.3 Å². The second kappa shape index (κ2) is 10.8. The van der Waals surface area contributed by atoms with Crippen LogP contribution in [0.15, 0.2) is 36.7 Å². The molecule has 1 amide bonds. The fourth-order valence-corrected chi connectivity index (χ4v) is 4.62. The molecule has 0 radical (unpaired) electrons. The number of aromatic nitrogens is 2. The highest BCUT2D eigenvalue weighted by atomic mass is 19.3. The second-order valence-corrected chi connectivity index (χ2v) is 9.04. The monoisotopic (exact) mass is 516 g/mol. The predicted octanol–water partition coefficient (Wildman–Crippen LogP) is 4.24. The summed E-state index contributed by atoms with van der Waals surface area (Å²) in [4.78, 5) is 20.6. The van der Waals surface area contributed by atoms with Crippen LogP contribution in [0.1, 0.15) is 28.5 Å². The fourth-order valence-electron chi connectivity index (χ4n) is 4.62. The van der Waals surface area contributed by atoms with Gasteiger partial charge in [0.1, 0.15) is 24.3 Å². The van der Waals surface area contributed by atoms with E-state index in [1.807, 2.05) is 6.92 Å². The lowest BCUT2D eigenvalue weighted by Crippen LogP contribution is -2.39. The van der Waals surface area contributed by atoms with Gasteiger partial charge in [0.25, 0.3) is 5.91 Å². The third-order valence-electron chi connectivity index (χ3n) is 6.29. The van der Waals surface area contributed by atoms with Crippen LogP contribution in [0.3, 0.4) is 0 Å². The summed E-state index contributed by atoms with van der Waals surface area (Å²) in [6.45, 7) is 3.53. The van der Waals surface area contributed by atoms with Gasteiger partial charge < -0.3 is 29.8 Å². The molecule has 5 rings (SSSR count). The van der Waals surface area contributed by atoms with Crippen LogP contribution in [0, 0.1) is 5.82 Å². The summed E-state index contributed by atoms with van der Waals surface area (Å²) < 4.78 is 58.2. The average molecular weight is 517 g/mol. The minimum atomic E-state index is -2.74. The minimum Gasteiger partial charge on any atom is -0.488 e. The Bertz CT molecular complexity index is 1280. The highest BCUT2D eigenvalue weighted by molar-refractivity contribution is 6.06. The topological polar surface area (TPSA) is 97.5 Å². The van der Waals surface area contributed by atoms with Crippen LogP contribution in [0.4, 0.5) is 24.5 Å². The maximum atomic E-state index is 14.6. The number of pyridine rings is 1. The summed E-state index contributed by atoms with van der Waals surface area (Å²) in [6.07, 6.45) is -0.0983. The average Bonchev–Trinajstić information content (AvgIpc) is 3.23. The molecule has 3 aromatic rings. The smallest absolute Gasteiger partial charge is 0.255 e. The van der Waals surface area contributed by atoms with Crippen LogP contribution in [-0.4, -0.2) is 60.9 Å². The van der Waals surface area contributed by atoms with Gasteiger partial charge in [-0.25, -0.2) is 13.2 Å². The maximum Gasteiger partial charge on any atom is 0.255 e. The maximum absolute atomic E-state index is 14.6. The number of hydrogen-bond acceptors (Lipinski definition) is 6. The van der Waals surface area contributed by atoms with Gasteiger partial charge in [-0.15, -0.1) is 0 Å². The molecule has 3 N–H and O–H groups in total. The molecular weight excluding hydrogens is 489 g/mol. The second-order valence-electron chi connectivity index (χ2n) is 9.04. The summed E-state index contributed by atoms with van der Waals surface area (Å²) in [5.41, 5.74) is 2.44. The Labute approximate surface area is 211 Å². The van der Waals surface area contributed by atoms with Crippen LogP contribution >= 0.6 is 0 Å². The molecule has 0 spiro atoms. The normalized spacial score (nSPS) is 19.4. The molecule has 0 bridgehead atoms. The van der Waals surface area contributed by atoms with Gasteiger partial charge in [0.15, 0.2) is 0 Å². The molecule has 11 heteroatoms. The molecule has 0 aliphatic carbocycles. The Morgan fingerprint density at radius 2 is 2.14 bits per heavy atom. The summed E-state index contributed by atoms with van der Waals surface area (Å²) >= 11 is 0. The number of nitrogens with one attached hydrogen (secondary N) is 3. The molecule has 4 heterocycles. The number of aromatic amines is 1. The Balaban J connectivity index is 1.57. The number of anilines is 2. The lowest BCUT2D eigenvalue weighted by atomic mass is 10.0. The van der Waals surface area contributed by atoms with E-state index in [-0.39, 0.29) is 35.9 Å². The largest absolute Gasteiger partial charge is 0.488 e. The van der Waals surface area contributed by atoms with Crippen molar-refractivity contribution in [3.05, 3.63) is 59.3 Å². The van der Waals surface area contributed by atoms with Gasteiger partial charge in [-0.2, -0.15) is 0 Å². The van der Waals surface area contributed by atoms with E-state index in [1.165, 1.54) is 12.1 Å². The summed E-state index contributed by atoms with van der Waals surface area (Å²) in [6, 6.07) is 5.69. The molecule has 8 nitrogen and oxygen atoms in total. The number of hydrogen-bond donors (Lipinski definition) is 3. The standard InChI is InChI=1S/C26H27F3N4O4/c1-14-9-20-23(26(34)31-14)25(32-19-4-2-3-18(27)17(19)10-22(28)29)24(33-20)16-5-6-30-11-21(16)37-13-15-12-35-7-8-36-15/h2-6,11,14-15,22,32-33H,7-10,12-13H2,1H3,(H,31,34)/t14-,15?/m1/s1. The molecule has 37 heavy (non-hydrogen) atoms. The third kappa shape index (κ3) is 5.42. The van der Waals surface area contributed by atoms with E-state index in [9.17, 15) is 18.0 Å². The number of benzene rings is 1. The Hall–Kier alpha value is -3.57. The summed E-state index contributed by atoms with van der Waals surface area (Å²) in [5, 5.41) is 5.99. The minimum absolute atomic E-state index is 0.112. The number of H-pyrrole nitrogens is 1. The first-order valence-electron chi connectivity index (χ1n) is 12.1. The van der Waals surface area contributed by atoms with Gasteiger partial charge >= 0.3 is 0 Å². The number of ether oxygens (including phenoxy) is 3. The third-order valence-corrected chi connectivity index (χ3v) is 6.29. The first-order chi connectivity index (χ1) is 17.9. The highest BCUT2D eigenvalue weighted by Gasteiger charge is 2.31. The van der Waals surface area contributed by atoms with Gasteiger partial charge in [0, 0.05) is 47.6 Å². The number of carbonyl (C=O) groups is 1. The summed E-state index contributed by atoms with van der Waals surface area (Å²) in [7, 11) is 0. The SMILES string of the molecule is C[C@@H]1Cc2[nH]c(-c3ccncc3OCC3COCCO3)c(Nc3cccc(F)c3CC(F)F)c2C(=O)N1. The molecule has 1 fully saturated rings. The van der Waals surface area contributed by atoms with E-state index in [0.717, 1.165) is 6.07 Å². The molecule has 2 aliphatic rings. The van der Waals surface area contributed by atoms with Crippen molar-refractivity contribution in [2.24, 2.45) is 0 Å². The van der Waals surface area contributed by atoms with E-state index in [4.69, 9.17) is 14.2 Å². The Kier molecular flexibility index (Phi) is 7.33. The van der Waals surface area contributed by atoms with Gasteiger partial charge in [-0.3, -0.25) is 9.78 Å². The van der Waals surface area contributed by atoms with E-state index in [1.54, 1.807) is 18.5 Å². The van der Waals surface area contributed by atoms with Crippen molar-refractivity contribution < 1.29 is 32.2 Å². The van der Waals surface area contributed by atoms with Gasteiger partial charge in [0.05, 0.1) is 43.0 Å². The van der Waals surface area contributed by atoms with E-state index in [2.05, 4.69) is 20.6 Å². The van der Waals surface area contributed by atoms with Crippen LogP contribution < -0.4 is 15.4 Å². The van der Waals surface area contributed by atoms with Crippen LogP contribution in [0.2, 0.25) is 0 Å². The van der Waals surface area contributed by atoms with Gasteiger partial charge in [0.2, 0.25) is 6.43 Å². The van der Waals surface area contributed by atoms with Crippen LogP contribution in [0.5, 0.6) is 5.75 Å². The van der Waals surface area contributed by atoms with Gasteiger partial charge in [-0.05, 0) is 25.1 Å². The van der Waals surface area contributed by atoms with Crippen LogP contribution in [0.25, 0.3) is 11.3 Å². The number of carbonyl (C=O) groups excluding carboxylic acids is 1. The van der Waals surface area contributed by atoms with Crippen molar-refractivity contribution in [1.82, 2.24) is 15.3 Å². The molecular formula is C26H27F3N4O4. The van der Waals surface area contributed by atoms with Crippen molar-refractivity contribution in [1.29, 1.82) is 0 Å². The molecule has 1 unspecified atom stereocenters. The van der Waals surface area contributed by atoms with Crippen molar-refractivity contribution in [3.63, 3.8) is 0 Å². The van der Waals surface area contributed by atoms with Gasteiger partial charge in [-0.1, -0.05) is 6.07 Å². The fraction of sp³-hybridized carbons (Fsp3) is 0.385. The lowest BCUT2D eigenvalue weighted by molar-refractivity contribution is -0.101. The number of nitrogens with zero attached hydrogens (tertiary/aromatic N) is 1. The zero-order chi connectivity index (χ0) is 25.9. The van der Waals surface area contributed by atoms with E-state index >= 15 is 0 Å². The molecule has 2 aromatic heterocycles. The number of amides is 1. The number of halogens is 3. The van der Waals surface area contributed by atoms with Crippen LogP contribution in [-0.2, 0) is 22.3 Å². The van der Waals surface area contributed by atoms with Crippen molar-refractivity contribution in [2.75, 3.05) is 31.7 Å². The first-order valence-corrected chi connectivity index (χ1v) is 12.1. The zero-order valence-corrected chi connectivity index (χ0v) is 20.2.